The van der Waals surface area contributed by atoms with Gasteiger partial charge in [-0.05, 0) is 16.8 Å². The van der Waals surface area contributed by atoms with Gasteiger partial charge in [-0.15, -0.1) is 18.9 Å². The van der Waals surface area contributed by atoms with E-state index in [-0.39, 0.29) is 22.9 Å². The van der Waals surface area contributed by atoms with E-state index in [9.17, 15) is 4.79 Å². The van der Waals surface area contributed by atoms with Crippen molar-refractivity contribution in [3.8, 4) is 0 Å². The largest absolute Gasteiger partial charge is 2.00 e. The zero-order chi connectivity index (χ0) is 16.6. The second-order valence-electron chi connectivity index (χ2n) is 5.48. The Bertz CT molecular complexity index is 867. The van der Waals surface area contributed by atoms with Gasteiger partial charge in [0, 0.05) is 5.56 Å². The molecule has 4 rings (SSSR count). The summed E-state index contributed by atoms with van der Waals surface area (Å²) >= 11 is 0. The predicted molar refractivity (Wildman–Crippen MR) is 99.5 cm³/mol. The van der Waals surface area contributed by atoms with E-state index < -0.39 is 0 Å². The van der Waals surface area contributed by atoms with Gasteiger partial charge in [-0.1, -0.05) is 42.5 Å². The molecule has 0 fully saturated rings. The summed E-state index contributed by atoms with van der Waals surface area (Å²) in [4.78, 5) is 12.3. The Morgan fingerprint density at radius 3 is 2.52 bits per heavy atom. The normalized spacial score (nSPS) is 14.3. The maximum Gasteiger partial charge on any atom is 2.00 e. The molecule has 2 aromatic rings. The number of ketones is 1. The van der Waals surface area contributed by atoms with Gasteiger partial charge in [0.2, 0.25) is 0 Å². The number of carbonyl (C=O) groups is 1. The van der Waals surface area contributed by atoms with Gasteiger partial charge in [-0.25, -0.2) is 18.2 Å². The minimum atomic E-state index is 0. The molecule has 0 saturated carbocycles. The Kier molecular flexibility index (Phi) is 7.40. The van der Waals surface area contributed by atoms with Crippen LogP contribution in [0.1, 0.15) is 23.2 Å². The van der Waals surface area contributed by atoms with Crippen molar-refractivity contribution in [3.05, 3.63) is 108 Å². The van der Waals surface area contributed by atoms with E-state index in [1.807, 2.05) is 72.8 Å². The first-order valence-corrected chi connectivity index (χ1v) is 8.03. The quantitative estimate of drug-likeness (QED) is 0.300. The molecule has 2 aliphatic rings. The number of rotatable bonds is 3. The second-order valence-corrected chi connectivity index (χ2v) is 5.48. The third-order valence-electron chi connectivity index (χ3n) is 3.79. The smallest absolute Gasteiger partial charge is 0.289 e. The van der Waals surface area contributed by atoms with E-state index in [0.29, 0.717) is 0 Å². The van der Waals surface area contributed by atoms with Crippen molar-refractivity contribution < 1.29 is 21.9 Å². The van der Waals surface area contributed by atoms with E-state index in [1.165, 1.54) is 0 Å². The van der Waals surface area contributed by atoms with Crippen LogP contribution in [0.4, 0.5) is 0 Å². The van der Waals surface area contributed by atoms with Gasteiger partial charge in [0.25, 0.3) is 0 Å². The van der Waals surface area contributed by atoms with E-state index in [2.05, 4.69) is 18.2 Å². The van der Waals surface area contributed by atoms with Crippen LogP contribution in [0, 0.1) is 12.2 Å². The first-order valence-electron chi connectivity index (χ1n) is 8.03. The topological polar surface area (TPSA) is 17.1 Å². The van der Waals surface area contributed by atoms with Crippen LogP contribution in [0.2, 0.25) is 0 Å². The SMILES string of the molecule is O=C(/C=C/C1=CC[C-]=C1)c1cccc2ccccc12.[C-]1=CC=CC1.[Fe+2]. The Hall–Kier alpha value is -2.41. The Morgan fingerprint density at radius 2 is 1.84 bits per heavy atom. The van der Waals surface area contributed by atoms with Crippen LogP contribution in [0.15, 0.2) is 90.6 Å². The number of hydrogen-bond acceptors (Lipinski definition) is 1. The average molecular weight is 366 g/mol. The molecule has 2 aliphatic carbocycles. The maximum atomic E-state index is 12.3. The standard InChI is InChI=1S/C18H13O.C5H5.Fe/c19-18(13-12-14-6-1-2-7-14)17-11-5-9-15-8-3-4-10-16(15)17;1-2-4-5-3-1;/h3-13H,1H2;1-3H,4H2;/q2*-1;+2/b13-12+;;. The van der Waals surface area contributed by atoms with Crippen LogP contribution >= 0.6 is 0 Å². The summed E-state index contributed by atoms with van der Waals surface area (Å²) in [5.74, 6) is 0.0398. The summed E-state index contributed by atoms with van der Waals surface area (Å²) in [6.07, 6.45) is 21.4. The van der Waals surface area contributed by atoms with Gasteiger partial charge in [0.05, 0.1) is 0 Å². The third-order valence-corrected chi connectivity index (χ3v) is 3.79. The second kappa shape index (κ2) is 9.78. The van der Waals surface area contributed by atoms with Gasteiger partial charge in [0.15, 0.2) is 5.78 Å². The molecule has 0 radical (unpaired) electrons. The van der Waals surface area contributed by atoms with Gasteiger partial charge in [-0.2, -0.15) is 17.7 Å². The van der Waals surface area contributed by atoms with Crippen molar-refractivity contribution in [1.82, 2.24) is 0 Å². The number of carbonyl (C=O) groups excluding carboxylic acids is 1. The van der Waals surface area contributed by atoms with Crippen LogP contribution in [-0.4, -0.2) is 5.78 Å². The summed E-state index contributed by atoms with van der Waals surface area (Å²) < 4.78 is 0. The molecule has 0 aromatic heterocycles. The van der Waals surface area contributed by atoms with Crippen LogP contribution in [0.3, 0.4) is 0 Å². The van der Waals surface area contributed by atoms with E-state index in [1.54, 1.807) is 6.08 Å². The first-order chi connectivity index (χ1) is 11.8. The van der Waals surface area contributed by atoms with Crippen molar-refractivity contribution in [2.75, 3.05) is 0 Å². The summed E-state index contributed by atoms with van der Waals surface area (Å²) in [7, 11) is 0. The Morgan fingerprint density at radius 1 is 1.00 bits per heavy atom. The summed E-state index contributed by atoms with van der Waals surface area (Å²) in [5, 5.41) is 2.09. The minimum Gasteiger partial charge on any atom is -0.289 e. The van der Waals surface area contributed by atoms with Gasteiger partial charge in [0.1, 0.15) is 0 Å². The molecule has 0 bridgehead atoms. The van der Waals surface area contributed by atoms with Crippen LogP contribution in [-0.2, 0) is 17.1 Å². The summed E-state index contributed by atoms with van der Waals surface area (Å²) in [6, 6.07) is 13.8. The van der Waals surface area contributed by atoms with Crippen molar-refractivity contribution in [3.63, 3.8) is 0 Å². The average Bonchev–Trinajstić information content (AvgIpc) is 3.35. The fraction of sp³-hybridized carbons (Fsp3) is 0.0870. The third kappa shape index (κ3) is 5.29. The van der Waals surface area contributed by atoms with Crippen LogP contribution in [0.5, 0.6) is 0 Å². The molecule has 0 saturated heterocycles. The zero-order valence-corrected chi connectivity index (χ0v) is 14.9. The summed E-state index contributed by atoms with van der Waals surface area (Å²) in [5.41, 5.74) is 1.80. The van der Waals surface area contributed by atoms with Crippen molar-refractivity contribution in [1.29, 1.82) is 0 Å². The molecular formula is C23H18FeO. The monoisotopic (exact) mass is 366 g/mol. The molecule has 2 heteroatoms. The van der Waals surface area contributed by atoms with E-state index >= 15 is 0 Å². The molecule has 0 aliphatic heterocycles. The zero-order valence-electron chi connectivity index (χ0n) is 13.8. The Balaban J connectivity index is 0.000000325. The van der Waals surface area contributed by atoms with Crippen LogP contribution < -0.4 is 0 Å². The number of allylic oxidation sites excluding steroid dienone is 10. The molecule has 124 valence electrons. The number of fused-ring (bicyclic) bond motifs is 1. The van der Waals surface area contributed by atoms with Crippen molar-refractivity contribution in [2.24, 2.45) is 0 Å². The molecule has 0 atom stereocenters. The maximum absolute atomic E-state index is 12.3. The molecule has 0 spiro atoms. The van der Waals surface area contributed by atoms with E-state index in [4.69, 9.17) is 0 Å². The fourth-order valence-electron chi connectivity index (χ4n) is 2.57. The van der Waals surface area contributed by atoms with Crippen LogP contribution in [0.25, 0.3) is 10.8 Å². The summed E-state index contributed by atoms with van der Waals surface area (Å²) in [6.45, 7) is 0. The Labute approximate surface area is 159 Å². The van der Waals surface area contributed by atoms with Gasteiger partial charge >= 0.3 is 17.1 Å². The van der Waals surface area contributed by atoms with Gasteiger partial charge < -0.3 is 0 Å². The van der Waals surface area contributed by atoms with Crippen molar-refractivity contribution >= 4 is 16.6 Å². The molecule has 0 unspecified atom stereocenters. The van der Waals surface area contributed by atoms with Gasteiger partial charge in [-0.3, -0.25) is 16.9 Å². The number of benzene rings is 2. The molecule has 2 aromatic carbocycles. The van der Waals surface area contributed by atoms with E-state index in [0.717, 1.165) is 34.8 Å². The number of hydrogen-bond donors (Lipinski definition) is 0. The predicted octanol–water partition coefficient (Wildman–Crippen LogP) is 5.57. The molecule has 25 heavy (non-hydrogen) atoms. The molecule has 0 N–H and O–H groups in total. The fourth-order valence-corrected chi connectivity index (χ4v) is 2.57. The molecule has 0 amide bonds. The molecule has 1 nitrogen and oxygen atoms in total. The molecular weight excluding hydrogens is 348 g/mol. The van der Waals surface area contributed by atoms with Crippen molar-refractivity contribution in [2.45, 2.75) is 12.8 Å². The first kappa shape index (κ1) is 18.9. The molecule has 0 heterocycles. The minimum absolute atomic E-state index is 0.